The van der Waals surface area contributed by atoms with Crippen LogP contribution in [0.5, 0.6) is 0 Å². The van der Waals surface area contributed by atoms with E-state index >= 15 is 0 Å². The molecule has 1 fully saturated rings. The van der Waals surface area contributed by atoms with Crippen LogP contribution in [-0.2, 0) is 4.79 Å². The van der Waals surface area contributed by atoms with Crippen LogP contribution in [0.25, 0.3) is 0 Å². The van der Waals surface area contributed by atoms with Gasteiger partial charge in [0.25, 0.3) is 0 Å². The molecule has 0 saturated heterocycles. The summed E-state index contributed by atoms with van der Waals surface area (Å²) in [5.74, 6) is 0.365. The molecule has 1 rings (SSSR count). The number of halogens is 1. The molecular weight excluding hydrogens is 292 g/mol. The second-order valence-corrected chi connectivity index (χ2v) is 6.27. The van der Waals surface area contributed by atoms with Gasteiger partial charge in [0.1, 0.15) is 0 Å². The average Bonchev–Trinajstić information content (AvgIpc) is 2.83. The molecule has 0 radical (unpaired) electrons. The Bertz CT molecular complexity index is 240. The summed E-state index contributed by atoms with van der Waals surface area (Å²) in [6, 6.07) is 0.515. The quantitative estimate of drug-likeness (QED) is 0.507. The SMILES string of the molecule is CN(C)CCN(C(=O)CCCCBr)C1CCCC1. The van der Waals surface area contributed by atoms with E-state index in [-0.39, 0.29) is 0 Å². The molecule has 0 bridgehead atoms. The van der Waals surface area contributed by atoms with Crippen molar-refractivity contribution in [3.8, 4) is 0 Å². The van der Waals surface area contributed by atoms with Crippen LogP contribution < -0.4 is 0 Å². The Kier molecular flexibility index (Phi) is 7.91. The number of carbonyl (C=O) groups excluding carboxylic acids is 1. The maximum Gasteiger partial charge on any atom is 0.222 e. The fourth-order valence-corrected chi connectivity index (χ4v) is 2.95. The van der Waals surface area contributed by atoms with Gasteiger partial charge in [-0.3, -0.25) is 4.79 Å². The molecule has 0 aromatic carbocycles. The highest BCUT2D eigenvalue weighted by Crippen LogP contribution is 2.24. The monoisotopic (exact) mass is 318 g/mol. The number of alkyl halides is 1. The van der Waals surface area contributed by atoms with Gasteiger partial charge < -0.3 is 9.80 Å². The van der Waals surface area contributed by atoms with Gasteiger partial charge in [-0.15, -0.1) is 0 Å². The van der Waals surface area contributed by atoms with Crippen LogP contribution in [-0.4, -0.2) is 54.3 Å². The van der Waals surface area contributed by atoms with Crippen molar-refractivity contribution in [1.29, 1.82) is 0 Å². The largest absolute Gasteiger partial charge is 0.338 e. The molecule has 0 aromatic rings. The van der Waals surface area contributed by atoms with Crippen LogP contribution in [0.1, 0.15) is 44.9 Å². The lowest BCUT2D eigenvalue weighted by molar-refractivity contribution is -0.133. The lowest BCUT2D eigenvalue weighted by atomic mass is 10.1. The van der Waals surface area contributed by atoms with Crippen LogP contribution >= 0.6 is 15.9 Å². The first-order valence-corrected chi connectivity index (χ1v) is 8.27. The van der Waals surface area contributed by atoms with Crippen molar-refractivity contribution in [3.05, 3.63) is 0 Å². The van der Waals surface area contributed by atoms with Crippen molar-refractivity contribution in [2.45, 2.75) is 51.0 Å². The van der Waals surface area contributed by atoms with Crippen LogP contribution in [0.4, 0.5) is 0 Å². The number of rotatable bonds is 8. The minimum Gasteiger partial charge on any atom is -0.338 e. The number of nitrogens with zero attached hydrogens (tertiary/aromatic N) is 2. The molecule has 1 saturated carbocycles. The lowest BCUT2D eigenvalue weighted by Crippen LogP contribution is -2.42. The third kappa shape index (κ3) is 5.70. The fourth-order valence-electron chi connectivity index (χ4n) is 2.55. The molecule has 1 amide bonds. The van der Waals surface area contributed by atoms with E-state index in [1.165, 1.54) is 25.7 Å². The van der Waals surface area contributed by atoms with Crippen LogP contribution in [0.3, 0.4) is 0 Å². The maximum absolute atomic E-state index is 12.3. The zero-order chi connectivity index (χ0) is 13.4. The summed E-state index contributed by atoms with van der Waals surface area (Å²) < 4.78 is 0. The number of carbonyl (C=O) groups is 1. The Balaban J connectivity index is 2.44. The van der Waals surface area contributed by atoms with Crippen LogP contribution in [0, 0.1) is 0 Å². The minimum atomic E-state index is 0.365. The molecule has 0 unspecified atom stereocenters. The topological polar surface area (TPSA) is 23.6 Å². The molecule has 3 nitrogen and oxygen atoms in total. The minimum absolute atomic E-state index is 0.365. The van der Waals surface area contributed by atoms with Gasteiger partial charge in [0.05, 0.1) is 0 Å². The smallest absolute Gasteiger partial charge is 0.222 e. The first kappa shape index (κ1) is 16.0. The number of hydrogen-bond donors (Lipinski definition) is 0. The first-order valence-electron chi connectivity index (χ1n) is 7.15. The van der Waals surface area contributed by atoms with Crippen molar-refractivity contribution in [2.24, 2.45) is 0 Å². The maximum atomic E-state index is 12.3. The third-order valence-electron chi connectivity index (χ3n) is 3.65. The van der Waals surface area contributed by atoms with E-state index in [0.29, 0.717) is 11.9 Å². The van der Waals surface area contributed by atoms with E-state index < -0.39 is 0 Å². The Morgan fingerprint density at radius 3 is 2.39 bits per heavy atom. The van der Waals surface area contributed by atoms with Crippen molar-refractivity contribution < 1.29 is 4.79 Å². The predicted molar refractivity (Wildman–Crippen MR) is 80.2 cm³/mol. The Labute approximate surface area is 120 Å². The summed E-state index contributed by atoms with van der Waals surface area (Å²) in [4.78, 5) is 16.6. The van der Waals surface area contributed by atoms with E-state index in [9.17, 15) is 4.79 Å². The Hall–Kier alpha value is -0.0900. The first-order chi connectivity index (χ1) is 8.65. The number of hydrogen-bond acceptors (Lipinski definition) is 2. The number of amides is 1. The summed E-state index contributed by atoms with van der Waals surface area (Å²) in [7, 11) is 4.14. The molecule has 106 valence electrons. The van der Waals surface area contributed by atoms with E-state index in [1.54, 1.807) is 0 Å². The fraction of sp³-hybridized carbons (Fsp3) is 0.929. The number of likely N-dealkylation sites (N-methyl/N-ethyl adjacent to an activating group) is 1. The van der Waals surface area contributed by atoms with Gasteiger partial charge in [0.2, 0.25) is 5.91 Å². The van der Waals surface area contributed by atoms with Gasteiger partial charge >= 0.3 is 0 Å². The lowest BCUT2D eigenvalue weighted by Gasteiger charge is -2.30. The van der Waals surface area contributed by atoms with Gasteiger partial charge in [-0.05, 0) is 39.8 Å². The molecule has 0 N–H and O–H groups in total. The second kappa shape index (κ2) is 8.92. The van der Waals surface area contributed by atoms with Crippen LogP contribution in [0.15, 0.2) is 0 Å². The molecule has 0 heterocycles. The normalized spacial score (nSPS) is 16.4. The van der Waals surface area contributed by atoms with Crippen molar-refractivity contribution in [1.82, 2.24) is 9.80 Å². The summed E-state index contributed by atoms with van der Waals surface area (Å²) in [5, 5.41) is 1.00. The molecule has 1 aliphatic rings. The summed E-state index contributed by atoms with van der Waals surface area (Å²) in [6.07, 6.45) is 7.81. The zero-order valence-electron chi connectivity index (χ0n) is 11.8. The molecule has 0 atom stereocenters. The molecule has 1 aliphatic carbocycles. The predicted octanol–water partition coefficient (Wildman–Crippen LogP) is 2.88. The van der Waals surface area contributed by atoms with Gasteiger partial charge in [0, 0.05) is 30.9 Å². The summed E-state index contributed by atoms with van der Waals surface area (Å²) in [5.41, 5.74) is 0. The highest BCUT2D eigenvalue weighted by atomic mass is 79.9. The molecular formula is C14H27BrN2O. The van der Waals surface area contributed by atoms with E-state index in [1.807, 2.05) is 0 Å². The van der Waals surface area contributed by atoms with Gasteiger partial charge in [-0.2, -0.15) is 0 Å². The molecule has 0 spiro atoms. The molecule has 0 aliphatic heterocycles. The summed E-state index contributed by atoms with van der Waals surface area (Å²) in [6.45, 7) is 1.87. The molecule has 4 heteroatoms. The van der Waals surface area contributed by atoms with Gasteiger partial charge in [-0.25, -0.2) is 0 Å². The standard InChI is InChI=1S/C14H27BrN2O/c1-16(2)11-12-17(13-7-3-4-8-13)14(18)9-5-6-10-15/h13H,3-12H2,1-2H3. The van der Waals surface area contributed by atoms with Crippen molar-refractivity contribution in [2.75, 3.05) is 32.5 Å². The van der Waals surface area contributed by atoms with Gasteiger partial charge in [0.15, 0.2) is 0 Å². The Morgan fingerprint density at radius 2 is 1.83 bits per heavy atom. The van der Waals surface area contributed by atoms with E-state index in [4.69, 9.17) is 0 Å². The van der Waals surface area contributed by atoms with Crippen molar-refractivity contribution >= 4 is 21.8 Å². The number of unbranched alkanes of at least 4 members (excludes halogenated alkanes) is 1. The molecule has 18 heavy (non-hydrogen) atoms. The third-order valence-corrected chi connectivity index (χ3v) is 4.21. The highest BCUT2D eigenvalue weighted by molar-refractivity contribution is 9.09. The molecule has 0 aromatic heterocycles. The van der Waals surface area contributed by atoms with Gasteiger partial charge in [-0.1, -0.05) is 28.8 Å². The van der Waals surface area contributed by atoms with E-state index in [0.717, 1.165) is 37.7 Å². The Morgan fingerprint density at radius 1 is 1.17 bits per heavy atom. The van der Waals surface area contributed by atoms with Crippen molar-refractivity contribution in [3.63, 3.8) is 0 Å². The summed E-state index contributed by atoms with van der Waals surface area (Å²) >= 11 is 3.42. The zero-order valence-corrected chi connectivity index (χ0v) is 13.4. The van der Waals surface area contributed by atoms with E-state index in [2.05, 4.69) is 39.8 Å². The second-order valence-electron chi connectivity index (χ2n) is 5.47. The van der Waals surface area contributed by atoms with Crippen LogP contribution in [0.2, 0.25) is 0 Å². The highest BCUT2D eigenvalue weighted by Gasteiger charge is 2.25. The average molecular weight is 319 g/mol.